The van der Waals surface area contributed by atoms with E-state index in [0.29, 0.717) is 16.1 Å². The fourth-order valence-electron chi connectivity index (χ4n) is 4.81. The van der Waals surface area contributed by atoms with Crippen LogP contribution < -0.4 is 5.73 Å². The maximum absolute atomic E-state index is 12.6. The van der Waals surface area contributed by atoms with Crippen LogP contribution in [0.4, 0.5) is 5.13 Å². The zero-order chi connectivity index (χ0) is 18.1. The second-order valence-electron chi connectivity index (χ2n) is 7.99. The number of likely N-dealkylation sites (tertiary alicyclic amines) is 2. The van der Waals surface area contributed by atoms with Gasteiger partial charge in [0.15, 0.2) is 5.13 Å². The topological polar surface area (TPSA) is 91.9 Å². The Kier molecular flexibility index (Phi) is 5.18. The molecule has 7 nitrogen and oxygen atoms in total. The van der Waals surface area contributed by atoms with Crippen molar-refractivity contribution < 1.29 is 14.6 Å². The van der Waals surface area contributed by atoms with Crippen molar-refractivity contribution in [2.24, 2.45) is 5.41 Å². The Morgan fingerprint density at radius 2 is 2.08 bits per heavy atom. The van der Waals surface area contributed by atoms with Gasteiger partial charge in [0.25, 0.3) is 5.91 Å². The Hall–Kier alpha value is -1.22. The molecule has 0 saturated carbocycles. The van der Waals surface area contributed by atoms with Gasteiger partial charge in [0.2, 0.25) is 0 Å². The normalized spacial score (nSPS) is 27.7. The number of nitrogen functional groups attached to an aromatic ring is 1. The molecule has 1 aromatic heterocycles. The Balaban J connectivity index is 1.39. The fraction of sp³-hybridized carbons (Fsp3) is 0.778. The Labute approximate surface area is 158 Å². The van der Waals surface area contributed by atoms with Gasteiger partial charge in [0, 0.05) is 45.4 Å². The van der Waals surface area contributed by atoms with Crippen LogP contribution in [0.2, 0.25) is 0 Å². The van der Waals surface area contributed by atoms with Crippen LogP contribution in [0, 0.1) is 5.41 Å². The first-order valence-corrected chi connectivity index (χ1v) is 10.4. The van der Waals surface area contributed by atoms with Crippen molar-refractivity contribution in [3.8, 4) is 0 Å². The number of aromatic nitrogens is 1. The lowest BCUT2D eigenvalue weighted by atomic mass is 9.71. The molecule has 3 aliphatic rings. The van der Waals surface area contributed by atoms with Crippen molar-refractivity contribution in [2.75, 3.05) is 45.1 Å². The third kappa shape index (κ3) is 3.74. The Morgan fingerprint density at radius 3 is 2.73 bits per heavy atom. The van der Waals surface area contributed by atoms with Gasteiger partial charge in [-0.15, -0.1) is 0 Å². The summed E-state index contributed by atoms with van der Waals surface area (Å²) in [5, 5.41) is 10.9. The summed E-state index contributed by atoms with van der Waals surface area (Å²) in [6.07, 6.45) is 6.16. The summed E-state index contributed by atoms with van der Waals surface area (Å²) < 4.78 is 5.49. The number of amides is 1. The summed E-state index contributed by atoms with van der Waals surface area (Å²) in [6, 6.07) is 0.524. The minimum Gasteiger partial charge on any atom is -0.392 e. The molecule has 3 saturated heterocycles. The highest BCUT2D eigenvalue weighted by Gasteiger charge is 2.44. The fourth-order valence-corrected chi connectivity index (χ4v) is 5.46. The number of carbonyl (C=O) groups excluding carboxylic acids is 1. The van der Waals surface area contributed by atoms with Crippen molar-refractivity contribution in [3.63, 3.8) is 0 Å². The van der Waals surface area contributed by atoms with Gasteiger partial charge in [-0.2, -0.15) is 0 Å². The number of carbonyl (C=O) groups is 1. The molecule has 0 bridgehead atoms. The first kappa shape index (κ1) is 18.2. The van der Waals surface area contributed by atoms with Crippen LogP contribution in [0.1, 0.15) is 41.8 Å². The van der Waals surface area contributed by atoms with Crippen LogP contribution in [0.5, 0.6) is 0 Å². The first-order valence-electron chi connectivity index (χ1n) is 9.55. The van der Waals surface area contributed by atoms with E-state index in [0.717, 1.165) is 71.5 Å². The van der Waals surface area contributed by atoms with Crippen molar-refractivity contribution in [3.05, 3.63) is 11.1 Å². The van der Waals surface area contributed by atoms with E-state index in [9.17, 15) is 9.90 Å². The molecule has 26 heavy (non-hydrogen) atoms. The molecule has 0 aliphatic carbocycles. The molecule has 1 atom stereocenters. The summed E-state index contributed by atoms with van der Waals surface area (Å²) in [5.41, 5.74) is 5.78. The molecule has 3 aliphatic heterocycles. The molecule has 1 unspecified atom stereocenters. The molecule has 1 amide bonds. The van der Waals surface area contributed by atoms with E-state index in [1.54, 1.807) is 6.20 Å². The number of aliphatic hydroxyl groups is 1. The number of hydrogen-bond acceptors (Lipinski definition) is 7. The maximum Gasteiger partial charge on any atom is 0.265 e. The van der Waals surface area contributed by atoms with E-state index in [1.165, 1.54) is 11.3 Å². The first-order chi connectivity index (χ1) is 12.5. The molecule has 4 rings (SSSR count). The molecular weight excluding hydrogens is 352 g/mol. The summed E-state index contributed by atoms with van der Waals surface area (Å²) in [6.45, 7) is 4.93. The highest BCUT2D eigenvalue weighted by atomic mass is 32.1. The summed E-state index contributed by atoms with van der Waals surface area (Å²) in [5.74, 6) is 0.0340. The molecule has 0 radical (unpaired) electrons. The van der Waals surface area contributed by atoms with Crippen LogP contribution in [0.15, 0.2) is 6.20 Å². The molecule has 4 heterocycles. The summed E-state index contributed by atoms with van der Waals surface area (Å²) in [7, 11) is 0. The van der Waals surface area contributed by atoms with Gasteiger partial charge in [-0.3, -0.25) is 9.69 Å². The highest BCUT2D eigenvalue weighted by molar-refractivity contribution is 7.17. The van der Waals surface area contributed by atoms with Crippen LogP contribution in [-0.4, -0.2) is 77.3 Å². The van der Waals surface area contributed by atoms with E-state index < -0.39 is 0 Å². The van der Waals surface area contributed by atoms with Crippen LogP contribution >= 0.6 is 11.3 Å². The van der Waals surface area contributed by atoms with Crippen molar-refractivity contribution in [1.29, 1.82) is 0 Å². The van der Waals surface area contributed by atoms with Crippen molar-refractivity contribution >= 4 is 22.4 Å². The maximum atomic E-state index is 12.6. The molecule has 3 fully saturated rings. The monoisotopic (exact) mass is 380 g/mol. The van der Waals surface area contributed by atoms with Gasteiger partial charge < -0.3 is 20.5 Å². The summed E-state index contributed by atoms with van der Waals surface area (Å²) in [4.78, 5) is 21.6. The average molecular weight is 381 g/mol. The second-order valence-corrected chi connectivity index (χ2v) is 9.05. The van der Waals surface area contributed by atoms with Gasteiger partial charge in [-0.25, -0.2) is 4.98 Å². The van der Waals surface area contributed by atoms with Gasteiger partial charge in [0.05, 0.1) is 12.3 Å². The van der Waals surface area contributed by atoms with Gasteiger partial charge >= 0.3 is 0 Å². The smallest absolute Gasteiger partial charge is 0.265 e. The Morgan fingerprint density at radius 1 is 1.35 bits per heavy atom. The standard InChI is InChI=1S/C18H28N4O3S/c19-17-20-10-15(26-17)16(24)21-5-3-18(4-6-21)9-14(23)11-22(12-18)13-1-7-25-8-2-13/h10,13-14,23H,1-9,11-12H2,(H2,19,20). The quantitative estimate of drug-likeness (QED) is 0.801. The van der Waals surface area contributed by atoms with Crippen LogP contribution in [0.25, 0.3) is 0 Å². The molecule has 144 valence electrons. The van der Waals surface area contributed by atoms with E-state index in [1.807, 2.05) is 4.90 Å². The van der Waals surface area contributed by atoms with Gasteiger partial charge in [-0.1, -0.05) is 11.3 Å². The third-order valence-electron chi connectivity index (χ3n) is 6.21. The molecule has 8 heteroatoms. The lowest BCUT2D eigenvalue weighted by Crippen LogP contribution is -2.57. The van der Waals surface area contributed by atoms with E-state index >= 15 is 0 Å². The molecular formula is C18H28N4O3S. The summed E-state index contributed by atoms with van der Waals surface area (Å²) >= 11 is 1.25. The largest absolute Gasteiger partial charge is 0.392 e. The number of nitrogens with zero attached hydrogens (tertiary/aromatic N) is 3. The number of anilines is 1. The van der Waals surface area contributed by atoms with Gasteiger partial charge in [0.1, 0.15) is 4.88 Å². The van der Waals surface area contributed by atoms with Crippen molar-refractivity contribution in [2.45, 2.75) is 44.2 Å². The molecule has 3 N–H and O–H groups in total. The zero-order valence-corrected chi connectivity index (χ0v) is 15.9. The van der Waals surface area contributed by atoms with E-state index in [2.05, 4.69) is 9.88 Å². The van der Waals surface area contributed by atoms with E-state index in [-0.39, 0.29) is 17.4 Å². The number of nitrogens with two attached hydrogens (primary N) is 1. The van der Waals surface area contributed by atoms with E-state index in [4.69, 9.17) is 10.5 Å². The van der Waals surface area contributed by atoms with Gasteiger partial charge in [-0.05, 0) is 37.5 Å². The van der Waals surface area contributed by atoms with Crippen LogP contribution in [-0.2, 0) is 4.74 Å². The van der Waals surface area contributed by atoms with Crippen LogP contribution in [0.3, 0.4) is 0 Å². The number of rotatable bonds is 2. The predicted octanol–water partition coefficient (Wildman–Crippen LogP) is 1.19. The minimum atomic E-state index is -0.268. The lowest BCUT2D eigenvalue weighted by Gasteiger charge is -2.51. The molecule has 1 aromatic rings. The third-order valence-corrected chi connectivity index (χ3v) is 7.02. The zero-order valence-electron chi connectivity index (χ0n) is 15.1. The second kappa shape index (κ2) is 7.42. The average Bonchev–Trinajstić information content (AvgIpc) is 3.08. The molecule has 0 aromatic carbocycles. The number of β-amino-alcohol motifs (C(OH)–C–C–N with tert-alkyl or cyclic N) is 1. The minimum absolute atomic E-state index is 0.0340. The number of piperidine rings is 2. The lowest BCUT2D eigenvalue weighted by molar-refractivity contribution is -0.0694. The Bertz CT molecular complexity index is 638. The predicted molar refractivity (Wildman–Crippen MR) is 100 cm³/mol. The highest BCUT2D eigenvalue weighted by Crippen LogP contribution is 2.41. The molecule has 1 spiro atoms. The number of aliphatic hydroxyl groups excluding tert-OH is 1. The number of thiazole rings is 1. The SMILES string of the molecule is Nc1ncc(C(=O)N2CCC3(CC2)CC(O)CN(C2CCOCC2)C3)s1. The number of hydrogen-bond donors (Lipinski definition) is 2. The number of ether oxygens (including phenoxy) is 1. The van der Waals surface area contributed by atoms with Crippen molar-refractivity contribution in [1.82, 2.24) is 14.8 Å².